The van der Waals surface area contributed by atoms with E-state index in [1.165, 1.54) is 0 Å². The lowest BCUT2D eigenvalue weighted by molar-refractivity contribution is -0.136. The van der Waals surface area contributed by atoms with E-state index in [2.05, 4.69) is 16.0 Å². The number of carbonyl (C=O) groups is 3. The van der Waals surface area contributed by atoms with E-state index < -0.39 is 18.0 Å². The smallest absolute Gasteiger partial charge is 0.315 e. The minimum atomic E-state index is -0.914. The Bertz CT molecular complexity index is 804. The van der Waals surface area contributed by atoms with Crippen LogP contribution in [-0.2, 0) is 22.6 Å². The number of hydrogen-bond acceptors (Lipinski definition) is 3. The maximum Gasteiger partial charge on any atom is 0.315 e. The summed E-state index contributed by atoms with van der Waals surface area (Å²) in [7, 11) is 0. The van der Waals surface area contributed by atoms with E-state index in [-0.39, 0.29) is 18.2 Å². The predicted molar refractivity (Wildman–Crippen MR) is 107 cm³/mol. The number of aliphatic carboxylic acids is 1. The van der Waals surface area contributed by atoms with Crippen LogP contribution in [0, 0.1) is 5.92 Å². The number of anilines is 1. The van der Waals surface area contributed by atoms with E-state index in [0.29, 0.717) is 17.8 Å². The van der Waals surface area contributed by atoms with E-state index >= 15 is 0 Å². The number of carboxylic acid groups (broad SMARTS) is 1. The number of urea groups is 1. The van der Waals surface area contributed by atoms with E-state index in [1.807, 2.05) is 44.2 Å². The van der Waals surface area contributed by atoms with E-state index in [4.69, 9.17) is 5.11 Å². The molecule has 0 aliphatic carbocycles. The van der Waals surface area contributed by atoms with E-state index in [9.17, 15) is 14.4 Å². The molecule has 2 rings (SSSR count). The summed E-state index contributed by atoms with van der Waals surface area (Å²) in [6.45, 7) is 4.06. The molecule has 0 saturated carbocycles. The van der Waals surface area contributed by atoms with Gasteiger partial charge in [-0.15, -0.1) is 0 Å². The van der Waals surface area contributed by atoms with Crippen LogP contribution >= 0.6 is 0 Å². The van der Waals surface area contributed by atoms with Crippen molar-refractivity contribution in [2.45, 2.75) is 32.9 Å². The second kappa shape index (κ2) is 10.1. The van der Waals surface area contributed by atoms with Crippen LogP contribution in [0.2, 0.25) is 0 Å². The largest absolute Gasteiger partial charge is 0.481 e. The fraction of sp³-hybridized carbons (Fsp3) is 0.286. The minimum absolute atomic E-state index is 0.0774. The fourth-order valence-electron chi connectivity index (χ4n) is 2.61. The van der Waals surface area contributed by atoms with Gasteiger partial charge in [0.15, 0.2) is 0 Å². The predicted octanol–water partition coefficient (Wildman–Crippen LogP) is 2.78. The number of hydrogen-bond donors (Lipinski definition) is 4. The molecule has 2 aromatic carbocycles. The highest BCUT2D eigenvalue weighted by Gasteiger charge is 2.24. The second-order valence-corrected chi connectivity index (χ2v) is 6.79. The van der Waals surface area contributed by atoms with Crippen molar-refractivity contribution in [1.29, 1.82) is 0 Å². The van der Waals surface area contributed by atoms with Gasteiger partial charge in [0.25, 0.3) is 0 Å². The Morgan fingerprint density at radius 2 is 1.57 bits per heavy atom. The molecule has 1 atom stereocenters. The molecule has 0 radical (unpaired) electrons. The van der Waals surface area contributed by atoms with E-state index in [1.54, 1.807) is 24.3 Å². The number of amides is 3. The monoisotopic (exact) mass is 383 g/mol. The lowest BCUT2D eigenvalue weighted by atomic mass is 10.0. The first-order valence-corrected chi connectivity index (χ1v) is 9.05. The SMILES string of the molecule is CC(C)C(NC(=O)NCc1ccccc1)C(=O)Nc1ccc(CC(=O)O)cc1. The Hall–Kier alpha value is -3.35. The van der Waals surface area contributed by atoms with Crippen LogP contribution in [-0.4, -0.2) is 29.1 Å². The van der Waals surface area contributed by atoms with Gasteiger partial charge in [-0.2, -0.15) is 0 Å². The van der Waals surface area contributed by atoms with Gasteiger partial charge in [0.05, 0.1) is 6.42 Å². The molecule has 4 N–H and O–H groups in total. The first-order chi connectivity index (χ1) is 13.3. The molecule has 0 heterocycles. The number of nitrogens with one attached hydrogen (secondary N) is 3. The second-order valence-electron chi connectivity index (χ2n) is 6.79. The first kappa shape index (κ1) is 21.0. The number of carboxylic acids is 1. The van der Waals surface area contributed by atoms with Gasteiger partial charge >= 0.3 is 12.0 Å². The van der Waals surface area contributed by atoms with Gasteiger partial charge in [-0.25, -0.2) is 4.79 Å². The Morgan fingerprint density at radius 3 is 2.14 bits per heavy atom. The van der Waals surface area contributed by atoms with Gasteiger partial charge in [-0.1, -0.05) is 56.3 Å². The summed E-state index contributed by atoms with van der Waals surface area (Å²) < 4.78 is 0. The van der Waals surface area contributed by atoms with Crippen molar-refractivity contribution in [3.05, 3.63) is 65.7 Å². The quantitative estimate of drug-likeness (QED) is 0.562. The summed E-state index contributed by atoms with van der Waals surface area (Å²) in [5.74, 6) is -1.37. The molecule has 3 amide bonds. The van der Waals surface area contributed by atoms with Crippen molar-refractivity contribution in [2.24, 2.45) is 5.92 Å². The van der Waals surface area contributed by atoms with Gasteiger partial charge in [-0.05, 0) is 29.2 Å². The summed E-state index contributed by atoms with van der Waals surface area (Å²) in [6, 6.07) is 14.9. The normalized spacial score (nSPS) is 11.5. The molecule has 0 aliphatic heterocycles. The first-order valence-electron chi connectivity index (χ1n) is 9.05. The lowest BCUT2D eigenvalue weighted by Gasteiger charge is -2.22. The van der Waals surface area contributed by atoms with Crippen LogP contribution in [0.4, 0.5) is 10.5 Å². The third-order valence-corrected chi connectivity index (χ3v) is 4.11. The zero-order valence-corrected chi connectivity index (χ0v) is 15.9. The topological polar surface area (TPSA) is 108 Å². The Morgan fingerprint density at radius 1 is 0.929 bits per heavy atom. The van der Waals surface area contributed by atoms with Gasteiger partial charge < -0.3 is 21.1 Å². The summed E-state index contributed by atoms with van der Waals surface area (Å²) in [6.07, 6.45) is -0.0774. The Balaban J connectivity index is 1.91. The van der Waals surface area contributed by atoms with Gasteiger partial charge in [0.1, 0.15) is 6.04 Å². The molecule has 0 fully saturated rings. The van der Waals surface area contributed by atoms with Crippen LogP contribution in [0.3, 0.4) is 0 Å². The zero-order valence-electron chi connectivity index (χ0n) is 15.9. The van der Waals surface area contributed by atoms with Gasteiger partial charge in [0.2, 0.25) is 5.91 Å². The van der Waals surface area contributed by atoms with Crippen molar-refractivity contribution >= 4 is 23.6 Å². The fourth-order valence-corrected chi connectivity index (χ4v) is 2.61. The summed E-state index contributed by atoms with van der Waals surface area (Å²) in [5.41, 5.74) is 2.14. The molecule has 0 aliphatic rings. The average molecular weight is 383 g/mol. The van der Waals surface area contributed by atoms with Crippen molar-refractivity contribution in [3.8, 4) is 0 Å². The standard InChI is InChI=1S/C21H25N3O4/c1-14(2)19(24-21(28)22-13-16-6-4-3-5-7-16)20(27)23-17-10-8-15(9-11-17)12-18(25)26/h3-11,14,19H,12-13H2,1-2H3,(H,23,27)(H,25,26)(H2,22,24,28). The summed E-state index contributed by atoms with van der Waals surface area (Å²) in [4.78, 5) is 35.5. The lowest BCUT2D eigenvalue weighted by Crippen LogP contribution is -2.50. The molecular weight excluding hydrogens is 358 g/mol. The molecule has 0 saturated heterocycles. The van der Waals surface area contributed by atoms with Crippen LogP contribution in [0.5, 0.6) is 0 Å². The third-order valence-electron chi connectivity index (χ3n) is 4.11. The molecule has 28 heavy (non-hydrogen) atoms. The molecule has 7 heteroatoms. The molecule has 2 aromatic rings. The number of carbonyl (C=O) groups excluding carboxylic acids is 2. The van der Waals surface area contributed by atoms with Crippen LogP contribution in [0.15, 0.2) is 54.6 Å². The van der Waals surface area contributed by atoms with Crippen molar-refractivity contribution in [1.82, 2.24) is 10.6 Å². The Kier molecular flexibility index (Phi) is 7.56. The van der Waals surface area contributed by atoms with Crippen LogP contribution in [0.1, 0.15) is 25.0 Å². The summed E-state index contributed by atoms with van der Waals surface area (Å²) in [5, 5.41) is 17.0. The van der Waals surface area contributed by atoms with Crippen molar-refractivity contribution in [2.75, 3.05) is 5.32 Å². The molecule has 0 bridgehead atoms. The number of benzene rings is 2. The Labute approximate surface area is 164 Å². The molecule has 7 nitrogen and oxygen atoms in total. The highest BCUT2D eigenvalue weighted by Crippen LogP contribution is 2.12. The highest BCUT2D eigenvalue weighted by molar-refractivity contribution is 5.97. The average Bonchev–Trinajstić information content (AvgIpc) is 2.66. The molecular formula is C21H25N3O4. The van der Waals surface area contributed by atoms with Crippen molar-refractivity contribution in [3.63, 3.8) is 0 Å². The molecule has 148 valence electrons. The maximum absolute atomic E-state index is 12.6. The van der Waals surface area contributed by atoms with Crippen LogP contribution in [0.25, 0.3) is 0 Å². The maximum atomic E-state index is 12.6. The van der Waals surface area contributed by atoms with Gasteiger partial charge in [0, 0.05) is 12.2 Å². The molecule has 0 aromatic heterocycles. The van der Waals surface area contributed by atoms with Crippen molar-refractivity contribution < 1.29 is 19.5 Å². The third kappa shape index (κ3) is 6.75. The van der Waals surface area contributed by atoms with E-state index in [0.717, 1.165) is 5.56 Å². The van der Waals surface area contributed by atoms with Crippen LogP contribution < -0.4 is 16.0 Å². The highest BCUT2D eigenvalue weighted by atomic mass is 16.4. The summed E-state index contributed by atoms with van der Waals surface area (Å²) >= 11 is 0. The zero-order chi connectivity index (χ0) is 20.5. The minimum Gasteiger partial charge on any atom is -0.481 e. The number of rotatable bonds is 8. The molecule has 0 spiro atoms. The van der Waals surface area contributed by atoms with Gasteiger partial charge in [-0.3, -0.25) is 9.59 Å². The molecule has 1 unspecified atom stereocenters.